The number of anilines is 3. The SMILES string of the molecule is CCN(CC)S(=O)(=O)c1ccc(Nc2ncnc(-n3nc(C)cc3C)c2N)cc1. The molecule has 0 atom stereocenters. The van der Waals surface area contributed by atoms with Gasteiger partial charge in [0, 0.05) is 24.5 Å². The maximum Gasteiger partial charge on any atom is 0.243 e. The second-order valence-electron chi connectivity index (χ2n) is 6.54. The number of nitrogens with two attached hydrogens (primary N) is 1. The molecule has 0 unspecified atom stereocenters. The Labute approximate surface area is 170 Å². The van der Waals surface area contributed by atoms with Gasteiger partial charge in [-0.25, -0.2) is 23.1 Å². The predicted octanol–water partition coefficient (Wildman–Crippen LogP) is 2.64. The maximum atomic E-state index is 12.6. The van der Waals surface area contributed by atoms with E-state index >= 15 is 0 Å². The average Bonchev–Trinajstić information content (AvgIpc) is 3.02. The van der Waals surface area contributed by atoms with Gasteiger partial charge in [0.1, 0.15) is 12.0 Å². The van der Waals surface area contributed by atoms with Crippen molar-refractivity contribution in [3.05, 3.63) is 48.0 Å². The summed E-state index contributed by atoms with van der Waals surface area (Å²) < 4.78 is 28.3. The van der Waals surface area contributed by atoms with Crippen LogP contribution in [-0.2, 0) is 10.0 Å². The standard InChI is InChI=1S/C19H25N7O2S/c1-5-25(6-2)29(27,28)16-9-7-15(8-10-16)23-18-17(20)19(22-12-21-18)26-14(4)11-13(3)24-26/h7-12H,5-6,20H2,1-4H3,(H,21,22,23). The number of nitrogen functional groups attached to an aromatic ring is 1. The highest BCUT2D eigenvalue weighted by Gasteiger charge is 2.21. The summed E-state index contributed by atoms with van der Waals surface area (Å²) in [5, 5.41) is 7.53. The Morgan fingerprint density at radius 2 is 1.76 bits per heavy atom. The van der Waals surface area contributed by atoms with E-state index in [1.165, 1.54) is 10.6 Å². The fraction of sp³-hybridized carbons (Fsp3) is 0.316. The Hall–Kier alpha value is -2.98. The normalized spacial score (nSPS) is 11.8. The Bertz CT molecular complexity index is 1100. The second-order valence-corrected chi connectivity index (χ2v) is 8.48. The van der Waals surface area contributed by atoms with E-state index in [0.29, 0.717) is 36.1 Å². The van der Waals surface area contributed by atoms with E-state index in [1.807, 2.05) is 33.8 Å². The van der Waals surface area contributed by atoms with Crippen LogP contribution in [0.15, 0.2) is 41.6 Å². The summed E-state index contributed by atoms with van der Waals surface area (Å²) in [6.45, 7) is 8.29. The number of nitrogens with one attached hydrogen (secondary N) is 1. The highest BCUT2D eigenvalue weighted by molar-refractivity contribution is 7.89. The lowest BCUT2D eigenvalue weighted by molar-refractivity contribution is 0.445. The molecule has 0 aliphatic carbocycles. The van der Waals surface area contributed by atoms with Crippen LogP contribution in [0.25, 0.3) is 5.82 Å². The molecule has 0 aliphatic rings. The Kier molecular flexibility index (Phi) is 5.85. The molecule has 2 aromatic heterocycles. The fourth-order valence-corrected chi connectivity index (χ4v) is 4.52. The Morgan fingerprint density at radius 1 is 1.10 bits per heavy atom. The van der Waals surface area contributed by atoms with Crippen LogP contribution in [-0.4, -0.2) is 45.6 Å². The van der Waals surface area contributed by atoms with Crippen LogP contribution in [0, 0.1) is 13.8 Å². The number of aromatic nitrogens is 4. The van der Waals surface area contributed by atoms with E-state index in [-0.39, 0.29) is 4.90 Å². The topological polar surface area (TPSA) is 119 Å². The van der Waals surface area contributed by atoms with Gasteiger partial charge in [0.2, 0.25) is 10.0 Å². The van der Waals surface area contributed by atoms with Crippen molar-refractivity contribution in [3.63, 3.8) is 0 Å². The summed E-state index contributed by atoms with van der Waals surface area (Å²) >= 11 is 0. The van der Waals surface area contributed by atoms with Crippen LogP contribution in [0.2, 0.25) is 0 Å². The van der Waals surface area contributed by atoms with Gasteiger partial charge in [-0.1, -0.05) is 13.8 Å². The summed E-state index contributed by atoms with van der Waals surface area (Å²) in [5.74, 6) is 0.899. The van der Waals surface area contributed by atoms with Gasteiger partial charge in [0.25, 0.3) is 0 Å². The quantitative estimate of drug-likeness (QED) is 0.609. The first-order chi connectivity index (χ1) is 13.8. The molecule has 3 N–H and O–H groups in total. The summed E-state index contributed by atoms with van der Waals surface area (Å²) in [4.78, 5) is 8.70. The molecular weight excluding hydrogens is 390 g/mol. The molecule has 0 fully saturated rings. The molecule has 3 aromatic rings. The van der Waals surface area contributed by atoms with Crippen molar-refractivity contribution < 1.29 is 8.42 Å². The summed E-state index contributed by atoms with van der Waals surface area (Å²) in [6, 6.07) is 8.43. The number of rotatable bonds is 7. The third-order valence-electron chi connectivity index (χ3n) is 4.53. The number of benzene rings is 1. The van der Waals surface area contributed by atoms with Crippen LogP contribution >= 0.6 is 0 Å². The highest BCUT2D eigenvalue weighted by atomic mass is 32.2. The maximum absolute atomic E-state index is 12.6. The molecule has 9 nitrogen and oxygen atoms in total. The minimum absolute atomic E-state index is 0.241. The van der Waals surface area contributed by atoms with E-state index in [0.717, 1.165) is 11.4 Å². The van der Waals surface area contributed by atoms with Gasteiger partial charge in [-0.3, -0.25) is 0 Å². The number of hydrogen-bond donors (Lipinski definition) is 2. The molecule has 29 heavy (non-hydrogen) atoms. The minimum Gasteiger partial charge on any atom is -0.393 e. The molecule has 1 aromatic carbocycles. The van der Waals surface area contributed by atoms with Crippen molar-refractivity contribution in [2.75, 3.05) is 24.1 Å². The lowest BCUT2D eigenvalue weighted by Crippen LogP contribution is -2.30. The van der Waals surface area contributed by atoms with Gasteiger partial charge < -0.3 is 11.1 Å². The first-order valence-corrected chi connectivity index (χ1v) is 10.7. The molecule has 3 rings (SSSR count). The van der Waals surface area contributed by atoms with Crippen LogP contribution < -0.4 is 11.1 Å². The van der Waals surface area contributed by atoms with Crippen molar-refractivity contribution in [2.24, 2.45) is 0 Å². The molecule has 0 saturated carbocycles. The zero-order chi connectivity index (χ0) is 21.2. The van der Waals surface area contributed by atoms with Gasteiger partial charge in [-0.15, -0.1) is 0 Å². The van der Waals surface area contributed by atoms with Crippen LogP contribution in [0.4, 0.5) is 17.2 Å². The third kappa shape index (κ3) is 4.08. The van der Waals surface area contributed by atoms with E-state index in [2.05, 4.69) is 20.4 Å². The first kappa shape index (κ1) is 20.7. The molecule has 0 radical (unpaired) electrons. The molecule has 0 spiro atoms. The molecule has 2 heterocycles. The third-order valence-corrected chi connectivity index (χ3v) is 6.60. The predicted molar refractivity (Wildman–Crippen MR) is 113 cm³/mol. The number of sulfonamides is 1. The highest BCUT2D eigenvalue weighted by Crippen LogP contribution is 2.26. The van der Waals surface area contributed by atoms with Gasteiger partial charge in [-0.2, -0.15) is 9.40 Å². The zero-order valence-electron chi connectivity index (χ0n) is 16.9. The smallest absolute Gasteiger partial charge is 0.243 e. The van der Waals surface area contributed by atoms with Crippen molar-refractivity contribution in [3.8, 4) is 5.82 Å². The van der Waals surface area contributed by atoms with Crippen LogP contribution in [0.3, 0.4) is 0 Å². The summed E-state index contributed by atoms with van der Waals surface area (Å²) in [7, 11) is -3.50. The van der Waals surface area contributed by atoms with E-state index in [4.69, 9.17) is 5.73 Å². The van der Waals surface area contributed by atoms with Gasteiger partial charge in [0.15, 0.2) is 11.6 Å². The molecule has 0 saturated heterocycles. The van der Waals surface area contributed by atoms with Gasteiger partial charge in [-0.05, 0) is 44.2 Å². The Balaban J connectivity index is 1.88. The van der Waals surface area contributed by atoms with E-state index < -0.39 is 10.0 Å². The van der Waals surface area contributed by atoms with Crippen molar-refractivity contribution >= 4 is 27.2 Å². The number of hydrogen-bond acceptors (Lipinski definition) is 7. The molecular formula is C19H25N7O2S. The molecule has 0 aliphatic heterocycles. The lowest BCUT2D eigenvalue weighted by atomic mass is 10.3. The lowest BCUT2D eigenvalue weighted by Gasteiger charge is -2.18. The van der Waals surface area contributed by atoms with Crippen molar-refractivity contribution in [2.45, 2.75) is 32.6 Å². The Morgan fingerprint density at radius 3 is 2.31 bits per heavy atom. The molecule has 0 bridgehead atoms. The average molecular weight is 416 g/mol. The second kappa shape index (κ2) is 8.18. The van der Waals surface area contributed by atoms with Crippen molar-refractivity contribution in [1.29, 1.82) is 0 Å². The van der Waals surface area contributed by atoms with Gasteiger partial charge >= 0.3 is 0 Å². The minimum atomic E-state index is -3.50. The van der Waals surface area contributed by atoms with Crippen molar-refractivity contribution in [1.82, 2.24) is 24.1 Å². The summed E-state index contributed by atoms with van der Waals surface area (Å²) in [6.07, 6.45) is 1.41. The zero-order valence-corrected chi connectivity index (χ0v) is 17.7. The van der Waals surface area contributed by atoms with E-state index in [1.54, 1.807) is 28.9 Å². The summed E-state index contributed by atoms with van der Waals surface area (Å²) in [5.41, 5.74) is 9.04. The van der Waals surface area contributed by atoms with Crippen LogP contribution in [0.1, 0.15) is 25.2 Å². The van der Waals surface area contributed by atoms with E-state index in [9.17, 15) is 8.42 Å². The fourth-order valence-electron chi connectivity index (χ4n) is 3.06. The largest absolute Gasteiger partial charge is 0.393 e. The number of aryl methyl sites for hydroxylation is 2. The number of nitrogens with zero attached hydrogens (tertiary/aromatic N) is 5. The molecule has 0 amide bonds. The monoisotopic (exact) mass is 415 g/mol. The van der Waals surface area contributed by atoms with Gasteiger partial charge in [0.05, 0.1) is 10.6 Å². The van der Waals surface area contributed by atoms with Crippen LogP contribution in [0.5, 0.6) is 0 Å². The molecule has 154 valence electrons. The first-order valence-electron chi connectivity index (χ1n) is 9.29. The molecule has 10 heteroatoms.